The van der Waals surface area contributed by atoms with E-state index in [1.54, 1.807) is 0 Å². The van der Waals surface area contributed by atoms with Gasteiger partial charge in [-0.05, 0) is 50.8 Å². The van der Waals surface area contributed by atoms with Gasteiger partial charge in [0.25, 0.3) is 0 Å². The van der Waals surface area contributed by atoms with Gasteiger partial charge >= 0.3 is 0 Å². The fourth-order valence-electron chi connectivity index (χ4n) is 2.96. The molecule has 0 aliphatic carbocycles. The van der Waals surface area contributed by atoms with Crippen molar-refractivity contribution >= 4 is 11.6 Å². The predicted octanol–water partition coefficient (Wildman–Crippen LogP) is 1.86. The molecule has 1 saturated heterocycles. The fraction of sp³-hybridized carbons (Fsp3) is 0.562. The summed E-state index contributed by atoms with van der Waals surface area (Å²) in [5, 5.41) is 12.1. The Balaban J connectivity index is 1.95. The van der Waals surface area contributed by atoms with Gasteiger partial charge in [-0.1, -0.05) is 17.7 Å². The molecule has 1 unspecified atom stereocenters. The Hall–Kier alpha value is -1.39. The number of hydrogen-bond donors (Lipinski definition) is 2. The van der Waals surface area contributed by atoms with E-state index in [9.17, 15) is 4.79 Å². The average molecular weight is 276 g/mol. The highest BCUT2D eigenvalue weighted by Crippen LogP contribution is 2.22. The van der Waals surface area contributed by atoms with Gasteiger partial charge < -0.3 is 10.4 Å². The van der Waals surface area contributed by atoms with Gasteiger partial charge in [0.2, 0.25) is 5.91 Å². The van der Waals surface area contributed by atoms with Gasteiger partial charge in [0.05, 0.1) is 6.54 Å². The third kappa shape index (κ3) is 3.58. The summed E-state index contributed by atoms with van der Waals surface area (Å²) in [5.74, 6) is 0.351. The Kier molecular flexibility index (Phi) is 4.78. The van der Waals surface area contributed by atoms with E-state index >= 15 is 0 Å². The summed E-state index contributed by atoms with van der Waals surface area (Å²) in [6, 6.07) is 4.17. The SMILES string of the molecule is Cc1cc(C)c(NC(=O)CN2CCC(CO)C2)c(C)c1. The van der Waals surface area contributed by atoms with E-state index in [0.717, 1.165) is 36.3 Å². The molecule has 1 aromatic carbocycles. The molecule has 4 heteroatoms. The first-order valence-corrected chi connectivity index (χ1v) is 7.20. The second-order valence-electron chi connectivity index (χ2n) is 5.89. The molecule has 0 bridgehead atoms. The van der Waals surface area contributed by atoms with E-state index in [0.29, 0.717) is 12.5 Å². The topological polar surface area (TPSA) is 52.6 Å². The lowest BCUT2D eigenvalue weighted by atomic mass is 10.1. The Bertz CT molecular complexity index is 476. The molecule has 2 N–H and O–H groups in total. The highest BCUT2D eigenvalue weighted by molar-refractivity contribution is 5.93. The molecule has 110 valence electrons. The minimum Gasteiger partial charge on any atom is -0.396 e. The Labute approximate surface area is 120 Å². The van der Waals surface area contributed by atoms with E-state index in [-0.39, 0.29) is 12.5 Å². The number of carbonyl (C=O) groups excluding carboxylic acids is 1. The highest BCUT2D eigenvalue weighted by atomic mass is 16.3. The quantitative estimate of drug-likeness (QED) is 0.882. The van der Waals surface area contributed by atoms with Crippen LogP contribution in [0.1, 0.15) is 23.1 Å². The first-order valence-electron chi connectivity index (χ1n) is 7.20. The number of amides is 1. The number of nitrogens with one attached hydrogen (secondary N) is 1. The van der Waals surface area contributed by atoms with Crippen molar-refractivity contribution in [3.63, 3.8) is 0 Å². The molecule has 1 aliphatic rings. The van der Waals surface area contributed by atoms with Gasteiger partial charge in [-0.25, -0.2) is 0 Å². The van der Waals surface area contributed by atoms with Crippen LogP contribution >= 0.6 is 0 Å². The number of benzene rings is 1. The summed E-state index contributed by atoms with van der Waals surface area (Å²) in [4.78, 5) is 14.2. The Morgan fingerprint density at radius 2 is 2.00 bits per heavy atom. The van der Waals surface area contributed by atoms with Gasteiger partial charge in [-0.2, -0.15) is 0 Å². The molecule has 0 radical (unpaired) electrons. The van der Waals surface area contributed by atoms with Crippen molar-refractivity contribution < 1.29 is 9.90 Å². The van der Waals surface area contributed by atoms with Crippen LogP contribution in [0.5, 0.6) is 0 Å². The number of aliphatic hydroxyl groups excluding tert-OH is 1. The minimum atomic E-state index is 0.0265. The lowest BCUT2D eigenvalue weighted by Crippen LogP contribution is -2.32. The van der Waals surface area contributed by atoms with Crippen molar-refractivity contribution in [2.24, 2.45) is 5.92 Å². The second kappa shape index (κ2) is 6.37. The lowest BCUT2D eigenvalue weighted by molar-refractivity contribution is -0.117. The highest BCUT2D eigenvalue weighted by Gasteiger charge is 2.23. The van der Waals surface area contributed by atoms with Crippen LogP contribution in [0.2, 0.25) is 0 Å². The number of likely N-dealkylation sites (tertiary alicyclic amines) is 1. The van der Waals surface area contributed by atoms with Crippen LogP contribution in [-0.4, -0.2) is 42.2 Å². The number of hydrogen-bond acceptors (Lipinski definition) is 3. The van der Waals surface area contributed by atoms with E-state index in [1.807, 2.05) is 13.8 Å². The van der Waals surface area contributed by atoms with Crippen molar-refractivity contribution in [1.82, 2.24) is 4.90 Å². The molecule has 1 atom stereocenters. The van der Waals surface area contributed by atoms with Crippen LogP contribution in [-0.2, 0) is 4.79 Å². The third-order valence-corrected chi connectivity index (χ3v) is 3.94. The molecule has 4 nitrogen and oxygen atoms in total. The van der Waals surface area contributed by atoms with E-state index in [4.69, 9.17) is 5.11 Å². The molecular weight excluding hydrogens is 252 g/mol. The standard InChI is InChI=1S/C16H24N2O2/c1-11-6-12(2)16(13(3)7-11)17-15(20)9-18-5-4-14(8-18)10-19/h6-7,14,19H,4-5,8-10H2,1-3H3,(H,17,20). The summed E-state index contributed by atoms with van der Waals surface area (Å²) in [7, 11) is 0. The molecule has 1 aliphatic heterocycles. The smallest absolute Gasteiger partial charge is 0.238 e. The maximum Gasteiger partial charge on any atom is 0.238 e. The van der Waals surface area contributed by atoms with Crippen LogP contribution < -0.4 is 5.32 Å². The van der Waals surface area contributed by atoms with Crippen LogP contribution in [0, 0.1) is 26.7 Å². The summed E-state index contributed by atoms with van der Waals surface area (Å²) in [5.41, 5.74) is 4.35. The summed E-state index contributed by atoms with van der Waals surface area (Å²) in [6.07, 6.45) is 0.979. The minimum absolute atomic E-state index is 0.0265. The molecule has 0 saturated carbocycles. The van der Waals surface area contributed by atoms with Crippen molar-refractivity contribution in [2.75, 3.05) is 31.6 Å². The Morgan fingerprint density at radius 3 is 2.55 bits per heavy atom. The zero-order valence-corrected chi connectivity index (χ0v) is 12.6. The monoisotopic (exact) mass is 276 g/mol. The molecule has 1 fully saturated rings. The zero-order chi connectivity index (χ0) is 14.7. The average Bonchev–Trinajstić information content (AvgIpc) is 2.81. The number of nitrogens with zero attached hydrogens (tertiary/aromatic N) is 1. The maximum atomic E-state index is 12.1. The van der Waals surface area contributed by atoms with Crippen LogP contribution in [0.15, 0.2) is 12.1 Å². The van der Waals surface area contributed by atoms with Gasteiger partial charge in [-0.15, -0.1) is 0 Å². The van der Waals surface area contributed by atoms with Crippen LogP contribution in [0.25, 0.3) is 0 Å². The summed E-state index contributed by atoms with van der Waals surface area (Å²) < 4.78 is 0. The second-order valence-corrected chi connectivity index (χ2v) is 5.89. The molecule has 1 aromatic rings. The van der Waals surface area contributed by atoms with Crippen LogP contribution in [0.3, 0.4) is 0 Å². The normalized spacial score (nSPS) is 19.3. The van der Waals surface area contributed by atoms with E-state index in [2.05, 4.69) is 29.3 Å². The number of carbonyl (C=O) groups is 1. The number of aliphatic hydroxyl groups is 1. The van der Waals surface area contributed by atoms with Gasteiger partial charge in [0, 0.05) is 18.8 Å². The van der Waals surface area contributed by atoms with E-state index < -0.39 is 0 Å². The van der Waals surface area contributed by atoms with Crippen molar-refractivity contribution in [2.45, 2.75) is 27.2 Å². The molecule has 20 heavy (non-hydrogen) atoms. The third-order valence-electron chi connectivity index (χ3n) is 3.94. The number of rotatable bonds is 4. The first kappa shape index (κ1) is 15.0. The first-order chi connectivity index (χ1) is 9.49. The van der Waals surface area contributed by atoms with Crippen molar-refractivity contribution in [3.05, 3.63) is 28.8 Å². The molecule has 1 amide bonds. The van der Waals surface area contributed by atoms with Crippen molar-refractivity contribution in [1.29, 1.82) is 0 Å². The summed E-state index contributed by atoms with van der Waals surface area (Å²) >= 11 is 0. The number of anilines is 1. The molecule has 2 rings (SSSR count). The van der Waals surface area contributed by atoms with Gasteiger partial charge in [-0.3, -0.25) is 9.69 Å². The predicted molar refractivity (Wildman–Crippen MR) is 80.9 cm³/mol. The molecule has 0 aromatic heterocycles. The molecular formula is C16H24N2O2. The molecule has 1 heterocycles. The lowest BCUT2D eigenvalue weighted by Gasteiger charge is -2.17. The van der Waals surface area contributed by atoms with Crippen LogP contribution in [0.4, 0.5) is 5.69 Å². The largest absolute Gasteiger partial charge is 0.396 e. The summed E-state index contributed by atoms with van der Waals surface area (Å²) in [6.45, 7) is 8.43. The maximum absolute atomic E-state index is 12.1. The molecule has 0 spiro atoms. The van der Waals surface area contributed by atoms with Gasteiger partial charge in [0.15, 0.2) is 0 Å². The van der Waals surface area contributed by atoms with Crippen molar-refractivity contribution in [3.8, 4) is 0 Å². The Morgan fingerprint density at radius 1 is 1.35 bits per heavy atom. The zero-order valence-electron chi connectivity index (χ0n) is 12.6. The van der Waals surface area contributed by atoms with Gasteiger partial charge in [0.1, 0.15) is 0 Å². The number of aryl methyl sites for hydroxylation is 3. The van der Waals surface area contributed by atoms with E-state index in [1.165, 1.54) is 5.56 Å². The fourth-order valence-corrected chi connectivity index (χ4v) is 2.96.